The number of hydrogen-bond donors (Lipinski definition) is 3. The minimum Gasteiger partial charge on any atom is -0.480 e. The number of amides is 1. The standard InChI is InChI=1S/C18H28N2O3S2/c1-4-5-14(10-24)17(21)19-16(18(22)23)12-25-11-13-6-8-15(9-7-13)20(2)3/h6-9,14,16,24H,4-5,10-12H2,1-3H3,(H,19,21)(H,22,23)/t14?,16-/m0/s1. The Labute approximate surface area is 160 Å². The normalized spacial score (nSPS) is 13.1. The van der Waals surface area contributed by atoms with Crippen LogP contribution < -0.4 is 10.2 Å². The zero-order valence-corrected chi connectivity index (χ0v) is 16.8. The van der Waals surface area contributed by atoms with Crippen LogP contribution in [-0.2, 0) is 15.3 Å². The topological polar surface area (TPSA) is 69.6 Å². The molecule has 1 rings (SSSR count). The van der Waals surface area contributed by atoms with Crippen LogP contribution in [0.1, 0.15) is 25.3 Å². The van der Waals surface area contributed by atoms with Gasteiger partial charge in [-0.2, -0.15) is 24.4 Å². The molecule has 0 radical (unpaired) electrons. The Kier molecular flexibility index (Phi) is 9.82. The minimum absolute atomic E-state index is 0.222. The molecule has 5 nitrogen and oxygen atoms in total. The van der Waals surface area contributed by atoms with Gasteiger partial charge in [0.25, 0.3) is 0 Å². The maximum Gasteiger partial charge on any atom is 0.327 e. The third-order valence-corrected chi connectivity index (χ3v) is 5.40. The molecular formula is C18H28N2O3S2. The molecule has 0 aromatic heterocycles. The second-order valence-corrected chi connectivity index (χ2v) is 7.54. The molecule has 0 aliphatic heterocycles. The van der Waals surface area contributed by atoms with Crippen molar-refractivity contribution in [1.82, 2.24) is 5.32 Å². The van der Waals surface area contributed by atoms with Crippen LogP contribution in [0.2, 0.25) is 0 Å². The van der Waals surface area contributed by atoms with Crippen molar-refractivity contribution >= 4 is 42.0 Å². The van der Waals surface area contributed by atoms with Gasteiger partial charge in [0.2, 0.25) is 5.91 Å². The van der Waals surface area contributed by atoms with Gasteiger partial charge in [-0.1, -0.05) is 25.5 Å². The summed E-state index contributed by atoms with van der Waals surface area (Å²) in [6, 6.07) is 7.27. The highest BCUT2D eigenvalue weighted by atomic mass is 32.2. The van der Waals surface area contributed by atoms with Crippen LogP contribution in [0.15, 0.2) is 24.3 Å². The Morgan fingerprint density at radius 2 is 1.92 bits per heavy atom. The van der Waals surface area contributed by atoms with Gasteiger partial charge in [-0.05, 0) is 24.1 Å². The Hall–Kier alpha value is -1.34. The van der Waals surface area contributed by atoms with E-state index in [0.717, 1.165) is 17.7 Å². The van der Waals surface area contributed by atoms with E-state index in [1.54, 1.807) is 0 Å². The number of benzene rings is 1. The molecule has 0 heterocycles. The predicted molar refractivity (Wildman–Crippen MR) is 109 cm³/mol. The summed E-state index contributed by atoms with van der Waals surface area (Å²) < 4.78 is 0. The molecule has 0 saturated carbocycles. The fraction of sp³-hybridized carbons (Fsp3) is 0.556. The van der Waals surface area contributed by atoms with Gasteiger partial charge in [0.1, 0.15) is 6.04 Å². The number of thioether (sulfide) groups is 1. The minimum atomic E-state index is -1.00. The fourth-order valence-electron chi connectivity index (χ4n) is 2.30. The average molecular weight is 385 g/mol. The molecule has 0 spiro atoms. The van der Waals surface area contributed by atoms with Crippen LogP contribution >= 0.6 is 24.4 Å². The Balaban J connectivity index is 2.52. The van der Waals surface area contributed by atoms with Crippen LogP contribution in [0.25, 0.3) is 0 Å². The van der Waals surface area contributed by atoms with Gasteiger partial charge in [0, 0.05) is 43.0 Å². The Morgan fingerprint density at radius 1 is 1.28 bits per heavy atom. The number of nitrogens with one attached hydrogen (secondary N) is 1. The molecule has 1 amide bonds. The van der Waals surface area contributed by atoms with Crippen LogP contribution in [0.4, 0.5) is 5.69 Å². The van der Waals surface area contributed by atoms with Crippen molar-refractivity contribution in [3.8, 4) is 0 Å². The highest BCUT2D eigenvalue weighted by Crippen LogP contribution is 2.18. The highest BCUT2D eigenvalue weighted by molar-refractivity contribution is 7.98. The van der Waals surface area contributed by atoms with Crippen molar-refractivity contribution in [1.29, 1.82) is 0 Å². The number of thiol groups is 1. The van der Waals surface area contributed by atoms with Crippen molar-refractivity contribution < 1.29 is 14.7 Å². The highest BCUT2D eigenvalue weighted by Gasteiger charge is 2.24. The summed E-state index contributed by atoms with van der Waals surface area (Å²) in [5.41, 5.74) is 2.25. The third kappa shape index (κ3) is 7.61. The molecule has 0 saturated heterocycles. The summed E-state index contributed by atoms with van der Waals surface area (Å²) in [6.07, 6.45) is 1.58. The molecule has 1 unspecified atom stereocenters. The van der Waals surface area contributed by atoms with Gasteiger partial charge in [0.05, 0.1) is 0 Å². The van der Waals surface area contributed by atoms with E-state index < -0.39 is 12.0 Å². The first kappa shape index (κ1) is 21.7. The van der Waals surface area contributed by atoms with Crippen molar-refractivity contribution in [2.75, 3.05) is 30.5 Å². The largest absolute Gasteiger partial charge is 0.480 e. The molecule has 0 fully saturated rings. The second-order valence-electron chi connectivity index (χ2n) is 6.14. The van der Waals surface area contributed by atoms with Crippen LogP contribution in [0.3, 0.4) is 0 Å². The first-order chi connectivity index (χ1) is 11.9. The molecule has 2 N–H and O–H groups in total. The summed E-state index contributed by atoms with van der Waals surface area (Å²) in [6.45, 7) is 2.00. The number of hydrogen-bond acceptors (Lipinski definition) is 5. The van der Waals surface area contributed by atoms with E-state index in [4.69, 9.17) is 0 Å². The number of carboxylic acid groups (broad SMARTS) is 1. The van der Waals surface area contributed by atoms with E-state index in [1.165, 1.54) is 11.8 Å². The van der Waals surface area contributed by atoms with Gasteiger partial charge in [-0.25, -0.2) is 4.79 Å². The maximum atomic E-state index is 12.2. The molecule has 1 aromatic rings. The smallest absolute Gasteiger partial charge is 0.327 e. The van der Waals surface area contributed by atoms with Gasteiger partial charge in [0.15, 0.2) is 0 Å². The molecule has 7 heteroatoms. The summed E-state index contributed by atoms with van der Waals surface area (Å²) >= 11 is 5.69. The van der Waals surface area contributed by atoms with E-state index >= 15 is 0 Å². The van der Waals surface area contributed by atoms with Crippen molar-refractivity contribution in [3.05, 3.63) is 29.8 Å². The predicted octanol–water partition coefficient (Wildman–Crippen LogP) is 2.90. The number of aliphatic carboxylic acids is 1. The molecule has 140 valence electrons. The van der Waals surface area contributed by atoms with E-state index in [0.29, 0.717) is 23.7 Å². The zero-order valence-electron chi connectivity index (χ0n) is 15.1. The number of rotatable bonds is 11. The lowest BCUT2D eigenvalue weighted by molar-refractivity contribution is -0.141. The SMILES string of the molecule is CCCC(CS)C(=O)N[C@@H](CSCc1ccc(N(C)C)cc1)C(=O)O. The number of carbonyl (C=O) groups excluding carboxylic acids is 1. The third-order valence-electron chi connectivity index (χ3n) is 3.85. The quantitative estimate of drug-likeness (QED) is 0.512. The van der Waals surface area contributed by atoms with Gasteiger partial charge < -0.3 is 15.3 Å². The monoisotopic (exact) mass is 384 g/mol. The van der Waals surface area contributed by atoms with E-state index in [-0.39, 0.29) is 11.8 Å². The van der Waals surface area contributed by atoms with Crippen LogP contribution in [-0.4, -0.2) is 48.6 Å². The number of nitrogens with zero attached hydrogens (tertiary/aromatic N) is 1. The first-order valence-corrected chi connectivity index (χ1v) is 10.2. The number of carboxylic acids is 1. The zero-order chi connectivity index (χ0) is 18.8. The van der Waals surface area contributed by atoms with Gasteiger partial charge in [-0.3, -0.25) is 4.79 Å². The summed E-state index contributed by atoms with van der Waals surface area (Å²) in [5.74, 6) is 0.00890. The Bertz CT molecular complexity index is 550. The molecule has 1 aromatic carbocycles. The lowest BCUT2D eigenvalue weighted by Crippen LogP contribution is -2.45. The molecular weight excluding hydrogens is 356 g/mol. The van der Waals surface area contributed by atoms with Gasteiger partial charge >= 0.3 is 5.97 Å². The Morgan fingerprint density at radius 3 is 2.40 bits per heavy atom. The summed E-state index contributed by atoms with van der Waals surface area (Å²) in [4.78, 5) is 25.6. The van der Waals surface area contributed by atoms with Crippen molar-refractivity contribution in [2.24, 2.45) is 5.92 Å². The van der Waals surface area contributed by atoms with E-state index in [1.807, 2.05) is 50.2 Å². The lowest BCUT2D eigenvalue weighted by atomic mass is 10.0. The van der Waals surface area contributed by atoms with Crippen molar-refractivity contribution in [2.45, 2.75) is 31.6 Å². The molecule has 0 aliphatic carbocycles. The molecule has 0 bridgehead atoms. The van der Waals surface area contributed by atoms with E-state index in [9.17, 15) is 14.7 Å². The fourth-order valence-corrected chi connectivity index (χ4v) is 3.66. The summed E-state index contributed by atoms with van der Waals surface area (Å²) in [5, 5.41) is 12.0. The summed E-state index contributed by atoms with van der Waals surface area (Å²) in [7, 11) is 3.97. The van der Waals surface area contributed by atoms with Crippen LogP contribution in [0, 0.1) is 5.92 Å². The number of anilines is 1. The number of carbonyl (C=O) groups is 2. The second kappa shape index (κ2) is 11.3. The van der Waals surface area contributed by atoms with Crippen LogP contribution in [0.5, 0.6) is 0 Å². The van der Waals surface area contributed by atoms with Gasteiger partial charge in [-0.15, -0.1) is 0 Å². The average Bonchev–Trinajstić information content (AvgIpc) is 2.58. The molecule has 0 aliphatic rings. The van der Waals surface area contributed by atoms with E-state index in [2.05, 4.69) is 17.9 Å². The molecule has 25 heavy (non-hydrogen) atoms. The maximum absolute atomic E-state index is 12.2. The van der Waals surface area contributed by atoms with Crippen molar-refractivity contribution in [3.63, 3.8) is 0 Å². The molecule has 2 atom stereocenters. The first-order valence-electron chi connectivity index (χ1n) is 8.37. The lowest BCUT2D eigenvalue weighted by Gasteiger charge is -2.19.